The maximum absolute atomic E-state index is 5.92. The highest BCUT2D eigenvalue weighted by molar-refractivity contribution is 5.13. The molecule has 0 amide bonds. The highest BCUT2D eigenvalue weighted by atomic mass is 15.3. The van der Waals surface area contributed by atoms with Crippen LogP contribution in [0.1, 0.15) is 44.1 Å². The van der Waals surface area contributed by atoms with Gasteiger partial charge < -0.3 is 5.73 Å². The van der Waals surface area contributed by atoms with Crippen LogP contribution in [0.5, 0.6) is 0 Å². The number of hydrogen-bond donors (Lipinski definition) is 1. The summed E-state index contributed by atoms with van der Waals surface area (Å²) >= 11 is 0. The fraction of sp³-hybridized carbons (Fsp3) is 0.727. The number of hydrogen-bond acceptors (Lipinski definition) is 2. The molecule has 0 unspecified atom stereocenters. The van der Waals surface area contributed by atoms with Crippen LogP contribution in [-0.4, -0.2) is 9.78 Å². The summed E-state index contributed by atoms with van der Waals surface area (Å²) in [6, 6.07) is 2.24. The molecule has 0 aromatic carbocycles. The third-order valence-corrected chi connectivity index (χ3v) is 2.82. The first-order valence-electron chi connectivity index (χ1n) is 5.53. The van der Waals surface area contributed by atoms with E-state index in [-0.39, 0.29) is 6.04 Å². The lowest BCUT2D eigenvalue weighted by molar-refractivity contribution is 0.519. The van der Waals surface area contributed by atoms with Crippen molar-refractivity contribution in [3.8, 4) is 0 Å². The molecule has 0 bridgehead atoms. The Balaban J connectivity index is 2.20. The van der Waals surface area contributed by atoms with Crippen LogP contribution in [-0.2, 0) is 13.0 Å². The Hall–Kier alpha value is -0.830. The van der Waals surface area contributed by atoms with Gasteiger partial charge in [0.25, 0.3) is 0 Å². The van der Waals surface area contributed by atoms with E-state index in [1.807, 2.05) is 6.92 Å². The second-order valence-electron chi connectivity index (χ2n) is 4.33. The van der Waals surface area contributed by atoms with Gasteiger partial charge in [-0.15, -0.1) is 0 Å². The topological polar surface area (TPSA) is 43.8 Å². The van der Waals surface area contributed by atoms with E-state index in [1.54, 1.807) is 0 Å². The van der Waals surface area contributed by atoms with E-state index in [0.717, 1.165) is 24.6 Å². The summed E-state index contributed by atoms with van der Waals surface area (Å²) in [5.74, 6) is 0.858. The minimum Gasteiger partial charge on any atom is -0.323 e. The molecule has 2 rings (SSSR count). The van der Waals surface area contributed by atoms with Crippen LogP contribution in [0.2, 0.25) is 0 Å². The van der Waals surface area contributed by atoms with E-state index < -0.39 is 0 Å². The first-order chi connectivity index (χ1) is 6.70. The molecule has 1 aliphatic carbocycles. The molecule has 1 saturated carbocycles. The zero-order valence-electron chi connectivity index (χ0n) is 9.03. The van der Waals surface area contributed by atoms with Crippen molar-refractivity contribution in [1.29, 1.82) is 0 Å². The molecule has 3 nitrogen and oxygen atoms in total. The molecular formula is C11H19N3. The van der Waals surface area contributed by atoms with Gasteiger partial charge in [0.15, 0.2) is 0 Å². The summed E-state index contributed by atoms with van der Waals surface area (Å²) in [5.41, 5.74) is 8.27. The molecule has 1 fully saturated rings. The lowest BCUT2D eigenvalue weighted by Gasteiger charge is -2.08. The van der Waals surface area contributed by atoms with Crippen LogP contribution in [0, 0.1) is 5.92 Å². The molecule has 0 saturated heterocycles. The molecule has 0 spiro atoms. The summed E-state index contributed by atoms with van der Waals surface area (Å²) in [7, 11) is 0. The Labute approximate surface area is 85.3 Å². The molecule has 1 aromatic heterocycles. The summed E-state index contributed by atoms with van der Waals surface area (Å²) < 4.78 is 2.11. The van der Waals surface area contributed by atoms with Crippen LogP contribution in [0.3, 0.4) is 0 Å². The average Bonchev–Trinajstić information content (AvgIpc) is 2.83. The molecule has 1 aromatic rings. The maximum atomic E-state index is 5.92. The Kier molecular flexibility index (Phi) is 2.59. The molecule has 78 valence electrons. The predicted octanol–water partition coefficient (Wildman–Crippen LogP) is 1.88. The normalized spacial score (nSPS) is 18.5. The zero-order chi connectivity index (χ0) is 10.1. The van der Waals surface area contributed by atoms with Crippen molar-refractivity contribution in [3.63, 3.8) is 0 Å². The fourth-order valence-corrected chi connectivity index (χ4v) is 1.72. The Morgan fingerprint density at radius 1 is 1.64 bits per heavy atom. The molecule has 0 radical (unpaired) electrons. The van der Waals surface area contributed by atoms with Crippen molar-refractivity contribution < 1.29 is 0 Å². The number of nitrogens with two attached hydrogens (primary N) is 1. The van der Waals surface area contributed by atoms with Gasteiger partial charge in [-0.25, -0.2) is 0 Å². The predicted molar refractivity (Wildman–Crippen MR) is 56.9 cm³/mol. The van der Waals surface area contributed by atoms with Crippen LogP contribution in [0.4, 0.5) is 0 Å². The molecule has 0 aliphatic heterocycles. The van der Waals surface area contributed by atoms with E-state index in [2.05, 4.69) is 22.8 Å². The van der Waals surface area contributed by atoms with Gasteiger partial charge in [-0.3, -0.25) is 4.68 Å². The monoisotopic (exact) mass is 193 g/mol. The summed E-state index contributed by atoms with van der Waals surface area (Å²) in [4.78, 5) is 0. The van der Waals surface area contributed by atoms with Crippen molar-refractivity contribution in [2.45, 2.75) is 45.7 Å². The zero-order valence-corrected chi connectivity index (χ0v) is 9.03. The molecule has 2 N–H and O–H groups in total. The molecule has 1 atom stereocenters. The smallest absolute Gasteiger partial charge is 0.0625 e. The largest absolute Gasteiger partial charge is 0.323 e. The van der Waals surface area contributed by atoms with Crippen LogP contribution in [0.15, 0.2) is 6.07 Å². The number of aromatic nitrogens is 2. The Morgan fingerprint density at radius 3 is 2.86 bits per heavy atom. The van der Waals surface area contributed by atoms with E-state index in [1.165, 1.54) is 18.5 Å². The van der Waals surface area contributed by atoms with Crippen molar-refractivity contribution in [3.05, 3.63) is 17.5 Å². The van der Waals surface area contributed by atoms with Crippen molar-refractivity contribution >= 4 is 0 Å². The van der Waals surface area contributed by atoms with E-state index in [9.17, 15) is 0 Å². The molecular weight excluding hydrogens is 174 g/mol. The van der Waals surface area contributed by atoms with Crippen LogP contribution < -0.4 is 5.73 Å². The van der Waals surface area contributed by atoms with E-state index >= 15 is 0 Å². The van der Waals surface area contributed by atoms with E-state index in [0.29, 0.717) is 0 Å². The average molecular weight is 193 g/mol. The SMILES string of the molecule is CCc1cc([C@@H](C)N)n(CC2CC2)n1. The van der Waals surface area contributed by atoms with Crippen LogP contribution >= 0.6 is 0 Å². The lowest BCUT2D eigenvalue weighted by Crippen LogP contribution is -2.14. The van der Waals surface area contributed by atoms with Gasteiger partial charge >= 0.3 is 0 Å². The van der Waals surface area contributed by atoms with Crippen molar-refractivity contribution in [1.82, 2.24) is 9.78 Å². The number of aryl methyl sites for hydroxylation is 1. The third-order valence-electron chi connectivity index (χ3n) is 2.82. The summed E-state index contributed by atoms with van der Waals surface area (Å²) in [6.45, 7) is 5.23. The van der Waals surface area contributed by atoms with Crippen molar-refractivity contribution in [2.75, 3.05) is 0 Å². The number of nitrogens with zero attached hydrogens (tertiary/aromatic N) is 2. The van der Waals surface area contributed by atoms with Gasteiger partial charge in [0, 0.05) is 12.6 Å². The summed E-state index contributed by atoms with van der Waals surface area (Å²) in [6.07, 6.45) is 3.72. The minimum atomic E-state index is 0.0987. The van der Waals surface area contributed by atoms with Gasteiger partial charge in [-0.1, -0.05) is 6.92 Å². The second kappa shape index (κ2) is 3.73. The highest BCUT2D eigenvalue weighted by Crippen LogP contribution is 2.31. The summed E-state index contributed by atoms with van der Waals surface area (Å²) in [5, 5.41) is 4.57. The lowest BCUT2D eigenvalue weighted by atomic mass is 10.2. The van der Waals surface area contributed by atoms with Crippen LogP contribution in [0.25, 0.3) is 0 Å². The molecule has 1 aliphatic rings. The van der Waals surface area contributed by atoms with Gasteiger partial charge in [0.1, 0.15) is 0 Å². The third kappa shape index (κ3) is 1.98. The van der Waals surface area contributed by atoms with Crippen molar-refractivity contribution in [2.24, 2.45) is 11.7 Å². The molecule has 3 heteroatoms. The Morgan fingerprint density at radius 2 is 2.36 bits per heavy atom. The maximum Gasteiger partial charge on any atom is 0.0625 e. The Bertz CT molecular complexity index is 310. The van der Waals surface area contributed by atoms with Gasteiger partial charge in [0.05, 0.1) is 11.4 Å². The minimum absolute atomic E-state index is 0.0987. The number of rotatable bonds is 4. The van der Waals surface area contributed by atoms with Gasteiger partial charge in [-0.05, 0) is 38.2 Å². The first kappa shape index (κ1) is 9.71. The molecule has 14 heavy (non-hydrogen) atoms. The van der Waals surface area contributed by atoms with E-state index in [4.69, 9.17) is 5.73 Å². The second-order valence-corrected chi connectivity index (χ2v) is 4.33. The molecule has 1 heterocycles. The standard InChI is InChI=1S/C11H19N3/c1-3-10-6-11(8(2)12)14(13-10)7-9-4-5-9/h6,8-9H,3-5,7,12H2,1-2H3/t8-/m1/s1. The quantitative estimate of drug-likeness (QED) is 0.793. The highest BCUT2D eigenvalue weighted by Gasteiger charge is 2.23. The van der Waals surface area contributed by atoms with Gasteiger partial charge in [-0.2, -0.15) is 5.10 Å². The first-order valence-corrected chi connectivity index (χ1v) is 5.53. The van der Waals surface area contributed by atoms with Gasteiger partial charge in [0.2, 0.25) is 0 Å². The fourth-order valence-electron chi connectivity index (χ4n) is 1.72.